The number of aryl methyl sites for hydroxylation is 1. The predicted octanol–water partition coefficient (Wildman–Crippen LogP) is 0.204. The van der Waals surface area contributed by atoms with Gasteiger partial charge >= 0.3 is 0 Å². The first-order valence-electron chi connectivity index (χ1n) is 6.32. The van der Waals surface area contributed by atoms with Crippen molar-refractivity contribution in [3.05, 3.63) is 36.4 Å². The van der Waals surface area contributed by atoms with Crippen LogP contribution < -0.4 is 10.0 Å². The van der Waals surface area contributed by atoms with Crippen LogP contribution in [0.5, 0.6) is 0 Å². The van der Waals surface area contributed by atoms with E-state index in [2.05, 4.69) is 15.1 Å². The van der Waals surface area contributed by atoms with Gasteiger partial charge in [-0.05, 0) is 31.7 Å². The molecule has 0 atom stereocenters. The Labute approximate surface area is 122 Å². The molecule has 1 amide bonds. The Morgan fingerprint density at radius 3 is 2.90 bits per heavy atom. The maximum atomic E-state index is 11.8. The summed E-state index contributed by atoms with van der Waals surface area (Å²) in [5.74, 6) is -0.490. The molecule has 0 aliphatic carbocycles. The second-order valence-corrected chi connectivity index (χ2v) is 6.02. The van der Waals surface area contributed by atoms with E-state index in [4.69, 9.17) is 4.42 Å². The van der Waals surface area contributed by atoms with Gasteiger partial charge in [0.25, 0.3) is 15.9 Å². The van der Waals surface area contributed by atoms with Crippen molar-refractivity contribution in [2.45, 2.75) is 18.1 Å². The van der Waals surface area contributed by atoms with Gasteiger partial charge in [0.05, 0.1) is 0 Å². The Balaban J connectivity index is 1.83. The van der Waals surface area contributed by atoms with Gasteiger partial charge in [-0.3, -0.25) is 9.48 Å². The standard InChI is InChI=1S/C12H16N4O4S/c1-13-21(18,19)11-5-4-10(20-11)12(17)14-6-2-8-16-9-3-7-15-16/h3-5,7,9,13H,2,6,8H2,1H3,(H,14,17). The van der Waals surface area contributed by atoms with Crippen molar-refractivity contribution >= 4 is 15.9 Å². The number of nitrogens with one attached hydrogen (secondary N) is 2. The predicted molar refractivity (Wildman–Crippen MR) is 74.1 cm³/mol. The zero-order valence-electron chi connectivity index (χ0n) is 11.4. The minimum absolute atomic E-state index is 0.0390. The van der Waals surface area contributed by atoms with E-state index in [1.54, 1.807) is 10.9 Å². The minimum Gasteiger partial charge on any atom is -0.438 e. The normalized spacial score (nSPS) is 11.5. The maximum absolute atomic E-state index is 11.8. The molecule has 0 saturated heterocycles. The first-order chi connectivity index (χ1) is 10.0. The third-order valence-corrected chi connectivity index (χ3v) is 4.03. The van der Waals surface area contributed by atoms with Gasteiger partial charge in [-0.15, -0.1) is 0 Å². The van der Waals surface area contributed by atoms with E-state index in [-0.39, 0.29) is 10.9 Å². The number of rotatable bonds is 7. The summed E-state index contributed by atoms with van der Waals surface area (Å²) in [5, 5.41) is 6.41. The lowest BCUT2D eigenvalue weighted by Gasteiger charge is -2.03. The second-order valence-electron chi connectivity index (χ2n) is 4.20. The molecule has 0 bridgehead atoms. The van der Waals surface area contributed by atoms with E-state index in [1.165, 1.54) is 19.2 Å². The Hall–Kier alpha value is -2.13. The molecule has 9 heteroatoms. The fraction of sp³-hybridized carbons (Fsp3) is 0.333. The molecule has 0 unspecified atom stereocenters. The first-order valence-corrected chi connectivity index (χ1v) is 7.80. The molecule has 2 heterocycles. The van der Waals surface area contributed by atoms with Gasteiger partial charge in [0.2, 0.25) is 5.09 Å². The van der Waals surface area contributed by atoms with Gasteiger partial charge < -0.3 is 9.73 Å². The van der Waals surface area contributed by atoms with Crippen molar-refractivity contribution in [2.75, 3.05) is 13.6 Å². The third kappa shape index (κ3) is 3.92. The Bertz CT molecular complexity index is 691. The number of hydrogen-bond donors (Lipinski definition) is 2. The molecule has 0 radical (unpaired) electrons. The zero-order valence-corrected chi connectivity index (χ0v) is 12.3. The number of amides is 1. The summed E-state index contributed by atoms with van der Waals surface area (Å²) in [6.45, 7) is 1.12. The van der Waals surface area contributed by atoms with Crippen LogP contribution in [0, 0.1) is 0 Å². The van der Waals surface area contributed by atoms with E-state index in [9.17, 15) is 13.2 Å². The maximum Gasteiger partial charge on any atom is 0.287 e. The monoisotopic (exact) mass is 312 g/mol. The molecule has 114 valence electrons. The Kier molecular flexibility index (Phi) is 4.76. The average Bonchev–Trinajstić information content (AvgIpc) is 3.14. The number of carbonyl (C=O) groups excluding carboxylic acids is 1. The van der Waals surface area contributed by atoms with Crippen molar-refractivity contribution in [1.29, 1.82) is 0 Å². The molecule has 2 rings (SSSR count). The summed E-state index contributed by atoms with van der Waals surface area (Å²) in [7, 11) is -2.40. The highest BCUT2D eigenvalue weighted by molar-refractivity contribution is 7.89. The fourth-order valence-electron chi connectivity index (χ4n) is 1.65. The van der Waals surface area contributed by atoms with Crippen LogP contribution in [0.15, 0.2) is 40.1 Å². The van der Waals surface area contributed by atoms with E-state index in [0.29, 0.717) is 19.5 Å². The molecular formula is C12H16N4O4S. The summed E-state index contributed by atoms with van der Waals surface area (Å²) in [4.78, 5) is 11.8. The van der Waals surface area contributed by atoms with Crippen molar-refractivity contribution in [2.24, 2.45) is 0 Å². The molecule has 21 heavy (non-hydrogen) atoms. The van der Waals surface area contributed by atoms with Gasteiger partial charge in [0.15, 0.2) is 5.76 Å². The van der Waals surface area contributed by atoms with Gasteiger partial charge in [0, 0.05) is 25.5 Å². The molecular weight excluding hydrogens is 296 g/mol. The van der Waals surface area contributed by atoms with Crippen molar-refractivity contribution in [3.8, 4) is 0 Å². The van der Waals surface area contributed by atoms with Gasteiger partial charge in [-0.25, -0.2) is 13.1 Å². The van der Waals surface area contributed by atoms with Crippen LogP contribution in [-0.2, 0) is 16.6 Å². The molecule has 0 saturated carbocycles. The van der Waals surface area contributed by atoms with Crippen LogP contribution in [0.25, 0.3) is 0 Å². The van der Waals surface area contributed by atoms with Gasteiger partial charge in [-0.2, -0.15) is 5.10 Å². The SMILES string of the molecule is CNS(=O)(=O)c1ccc(C(=O)NCCCn2cccn2)o1. The van der Waals surface area contributed by atoms with Gasteiger partial charge in [-0.1, -0.05) is 0 Å². The molecule has 0 aliphatic heterocycles. The van der Waals surface area contributed by atoms with Crippen LogP contribution in [0.4, 0.5) is 0 Å². The Morgan fingerprint density at radius 2 is 2.24 bits per heavy atom. The van der Waals surface area contributed by atoms with E-state index < -0.39 is 15.9 Å². The van der Waals surface area contributed by atoms with E-state index in [0.717, 1.165) is 0 Å². The summed E-state index contributed by atoms with van der Waals surface area (Å²) >= 11 is 0. The fourth-order valence-corrected chi connectivity index (χ4v) is 2.30. The summed E-state index contributed by atoms with van der Waals surface area (Å²) in [6, 6.07) is 4.39. The van der Waals surface area contributed by atoms with Crippen molar-refractivity contribution in [3.63, 3.8) is 0 Å². The van der Waals surface area contributed by atoms with Crippen LogP contribution in [0.3, 0.4) is 0 Å². The van der Waals surface area contributed by atoms with Gasteiger partial charge in [0.1, 0.15) is 0 Å². The topological polar surface area (TPSA) is 106 Å². The highest BCUT2D eigenvalue weighted by atomic mass is 32.2. The molecule has 8 nitrogen and oxygen atoms in total. The molecule has 0 spiro atoms. The number of hydrogen-bond acceptors (Lipinski definition) is 5. The summed E-state index contributed by atoms with van der Waals surface area (Å²) in [5.41, 5.74) is 0. The lowest BCUT2D eigenvalue weighted by Crippen LogP contribution is -2.25. The average molecular weight is 312 g/mol. The lowest BCUT2D eigenvalue weighted by atomic mass is 10.4. The number of carbonyl (C=O) groups is 1. The lowest BCUT2D eigenvalue weighted by molar-refractivity contribution is 0.0919. The van der Waals surface area contributed by atoms with E-state index in [1.807, 2.05) is 12.3 Å². The summed E-state index contributed by atoms with van der Waals surface area (Å²) in [6.07, 6.45) is 4.23. The van der Waals surface area contributed by atoms with Crippen LogP contribution >= 0.6 is 0 Å². The van der Waals surface area contributed by atoms with E-state index >= 15 is 0 Å². The smallest absolute Gasteiger partial charge is 0.287 e. The van der Waals surface area contributed by atoms with Crippen LogP contribution in [-0.4, -0.2) is 37.7 Å². The second kappa shape index (κ2) is 6.55. The van der Waals surface area contributed by atoms with Crippen molar-refractivity contribution in [1.82, 2.24) is 19.8 Å². The highest BCUT2D eigenvalue weighted by Crippen LogP contribution is 2.13. The third-order valence-electron chi connectivity index (χ3n) is 2.75. The molecule has 2 N–H and O–H groups in total. The molecule has 0 aromatic carbocycles. The highest BCUT2D eigenvalue weighted by Gasteiger charge is 2.19. The summed E-state index contributed by atoms with van der Waals surface area (Å²) < 4.78 is 31.9. The number of furan rings is 1. The minimum atomic E-state index is -3.67. The number of aromatic nitrogens is 2. The molecule has 2 aromatic heterocycles. The number of sulfonamides is 1. The zero-order chi connectivity index (χ0) is 15.3. The quantitative estimate of drug-likeness (QED) is 0.711. The van der Waals surface area contributed by atoms with Crippen LogP contribution in [0.2, 0.25) is 0 Å². The Morgan fingerprint density at radius 1 is 1.43 bits per heavy atom. The molecule has 0 aliphatic rings. The number of nitrogens with zero attached hydrogens (tertiary/aromatic N) is 2. The largest absolute Gasteiger partial charge is 0.438 e. The van der Waals surface area contributed by atoms with Crippen molar-refractivity contribution < 1.29 is 17.6 Å². The molecule has 2 aromatic rings. The van der Waals surface area contributed by atoms with Crippen LogP contribution in [0.1, 0.15) is 17.0 Å². The first kappa shape index (κ1) is 15.3. The molecule has 0 fully saturated rings.